The van der Waals surface area contributed by atoms with E-state index in [1.807, 2.05) is 53.1 Å². The number of aliphatic hydroxyl groups excluding tert-OH is 1. The number of carbonyl (C=O) groups excluding carboxylic acids is 1. The molecule has 1 amide bonds. The Hall–Kier alpha value is -3.31. The highest BCUT2D eigenvalue weighted by Gasteiger charge is 2.19. The largest absolute Gasteiger partial charge is 0.463 e. The molecule has 1 unspecified atom stereocenters. The van der Waals surface area contributed by atoms with Crippen molar-refractivity contribution in [2.75, 3.05) is 6.54 Å². The zero-order valence-electron chi connectivity index (χ0n) is 15.6. The van der Waals surface area contributed by atoms with Crippen LogP contribution in [0.4, 0.5) is 0 Å². The van der Waals surface area contributed by atoms with E-state index in [1.54, 1.807) is 12.3 Å². The van der Waals surface area contributed by atoms with Gasteiger partial charge in [0.25, 0.3) is 5.91 Å². The number of nitrogens with zero attached hydrogens (tertiary/aromatic N) is 1. The summed E-state index contributed by atoms with van der Waals surface area (Å²) in [6, 6.07) is 21.0. The second-order valence-corrected chi connectivity index (χ2v) is 6.85. The van der Waals surface area contributed by atoms with Gasteiger partial charge in [0.1, 0.15) is 5.69 Å². The van der Waals surface area contributed by atoms with Crippen LogP contribution in [0.5, 0.6) is 0 Å². The van der Waals surface area contributed by atoms with Crippen molar-refractivity contribution in [1.29, 1.82) is 0 Å². The molecule has 5 heteroatoms. The summed E-state index contributed by atoms with van der Waals surface area (Å²) < 4.78 is 7.45. The lowest BCUT2D eigenvalue weighted by Crippen LogP contribution is -2.30. The molecule has 0 fully saturated rings. The molecule has 0 aliphatic heterocycles. The topological polar surface area (TPSA) is 67.4 Å². The van der Waals surface area contributed by atoms with E-state index in [1.165, 1.54) is 5.56 Å². The fourth-order valence-electron chi connectivity index (χ4n) is 3.37. The second kappa shape index (κ2) is 7.74. The molecule has 2 N–H and O–H groups in total. The van der Waals surface area contributed by atoms with Gasteiger partial charge in [0.15, 0.2) is 5.58 Å². The lowest BCUT2D eigenvalue weighted by atomic mass is 10.1. The molecule has 0 bridgehead atoms. The Balaban J connectivity index is 1.57. The van der Waals surface area contributed by atoms with Crippen molar-refractivity contribution in [3.05, 3.63) is 95.4 Å². The van der Waals surface area contributed by atoms with Crippen LogP contribution in [0, 0.1) is 6.92 Å². The average Bonchev–Trinajstić information content (AvgIpc) is 3.31. The van der Waals surface area contributed by atoms with Crippen LogP contribution in [0.2, 0.25) is 0 Å². The number of hydrogen-bond acceptors (Lipinski definition) is 3. The van der Waals surface area contributed by atoms with Gasteiger partial charge in [-0.3, -0.25) is 4.79 Å². The third kappa shape index (κ3) is 3.57. The first-order valence-electron chi connectivity index (χ1n) is 9.26. The predicted octanol–water partition coefficient (Wildman–Crippen LogP) is 4.05. The number of fused-ring (bicyclic) bond motifs is 1. The van der Waals surface area contributed by atoms with Crippen LogP contribution in [-0.4, -0.2) is 22.1 Å². The van der Waals surface area contributed by atoms with Crippen LogP contribution >= 0.6 is 0 Å². The van der Waals surface area contributed by atoms with Crippen molar-refractivity contribution >= 4 is 17.0 Å². The summed E-state index contributed by atoms with van der Waals surface area (Å²) in [4.78, 5) is 12.9. The van der Waals surface area contributed by atoms with E-state index >= 15 is 0 Å². The molecular formula is C23H22N2O3. The number of aromatic nitrogens is 1. The minimum Gasteiger partial charge on any atom is -0.463 e. The van der Waals surface area contributed by atoms with Crippen LogP contribution < -0.4 is 5.32 Å². The van der Waals surface area contributed by atoms with Crippen molar-refractivity contribution in [2.24, 2.45) is 0 Å². The molecule has 5 nitrogen and oxygen atoms in total. The zero-order chi connectivity index (χ0) is 19.5. The van der Waals surface area contributed by atoms with Crippen molar-refractivity contribution in [1.82, 2.24) is 9.88 Å². The minimum absolute atomic E-state index is 0.139. The second-order valence-electron chi connectivity index (χ2n) is 6.85. The smallest absolute Gasteiger partial charge is 0.268 e. The fourth-order valence-corrected chi connectivity index (χ4v) is 3.37. The Morgan fingerprint density at radius 3 is 2.64 bits per heavy atom. The Morgan fingerprint density at radius 1 is 1.11 bits per heavy atom. The van der Waals surface area contributed by atoms with Crippen LogP contribution in [0.1, 0.15) is 33.3 Å². The number of aliphatic hydroxyl groups is 1. The Morgan fingerprint density at radius 2 is 1.86 bits per heavy atom. The highest BCUT2D eigenvalue weighted by molar-refractivity contribution is 5.97. The van der Waals surface area contributed by atoms with E-state index < -0.39 is 6.10 Å². The van der Waals surface area contributed by atoms with Crippen molar-refractivity contribution in [3.8, 4) is 0 Å². The summed E-state index contributed by atoms with van der Waals surface area (Å²) in [5.74, 6) is -0.241. The first-order valence-corrected chi connectivity index (χ1v) is 9.26. The molecule has 0 saturated carbocycles. The Labute approximate surface area is 163 Å². The first-order chi connectivity index (χ1) is 13.6. The van der Waals surface area contributed by atoms with Crippen LogP contribution in [0.3, 0.4) is 0 Å². The Kier molecular flexibility index (Phi) is 5.00. The lowest BCUT2D eigenvalue weighted by Gasteiger charge is -2.14. The summed E-state index contributed by atoms with van der Waals surface area (Å²) >= 11 is 0. The molecule has 0 radical (unpaired) electrons. The van der Waals surface area contributed by atoms with Gasteiger partial charge in [0, 0.05) is 25.2 Å². The maximum Gasteiger partial charge on any atom is 0.268 e. The Bertz CT molecular complexity index is 1100. The maximum atomic E-state index is 12.9. The van der Waals surface area contributed by atoms with Crippen LogP contribution in [-0.2, 0) is 6.54 Å². The van der Waals surface area contributed by atoms with Gasteiger partial charge in [-0.05, 0) is 23.6 Å². The van der Waals surface area contributed by atoms with E-state index in [-0.39, 0.29) is 12.5 Å². The number of carbonyl (C=O) groups is 1. The van der Waals surface area contributed by atoms with Gasteiger partial charge in [-0.15, -0.1) is 0 Å². The summed E-state index contributed by atoms with van der Waals surface area (Å²) in [5, 5.41) is 13.2. The molecular weight excluding hydrogens is 352 g/mol. The number of rotatable bonds is 6. The van der Waals surface area contributed by atoms with E-state index in [0.717, 1.165) is 16.6 Å². The first kappa shape index (κ1) is 18.1. The van der Waals surface area contributed by atoms with Gasteiger partial charge >= 0.3 is 0 Å². The summed E-state index contributed by atoms with van der Waals surface area (Å²) in [6.45, 7) is 2.76. The van der Waals surface area contributed by atoms with Crippen LogP contribution in [0.25, 0.3) is 11.1 Å². The highest BCUT2D eigenvalue weighted by atomic mass is 16.3. The van der Waals surface area contributed by atoms with Crippen LogP contribution in [0.15, 0.2) is 77.4 Å². The van der Waals surface area contributed by atoms with E-state index in [9.17, 15) is 9.90 Å². The fraction of sp³-hybridized carbons (Fsp3) is 0.174. The molecule has 28 heavy (non-hydrogen) atoms. The number of nitrogens with one attached hydrogen (secondary N) is 1. The summed E-state index contributed by atoms with van der Waals surface area (Å²) in [7, 11) is 0. The van der Waals surface area contributed by atoms with Gasteiger partial charge in [0.2, 0.25) is 0 Å². The van der Waals surface area contributed by atoms with Gasteiger partial charge < -0.3 is 19.4 Å². The molecule has 2 aromatic carbocycles. The lowest BCUT2D eigenvalue weighted by molar-refractivity contribution is 0.0908. The van der Waals surface area contributed by atoms with Gasteiger partial charge in [-0.1, -0.05) is 54.6 Å². The quantitative estimate of drug-likeness (QED) is 0.535. The number of furan rings is 1. The third-order valence-corrected chi connectivity index (χ3v) is 4.99. The molecule has 0 aliphatic carbocycles. The molecule has 0 aliphatic rings. The van der Waals surface area contributed by atoms with E-state index in [0.29, 0.717) is 17.8 Å². The van der Waals surface area contributed by atoms with Crippen molar-refractivity contribution < 1.29 is 14.3 Å². The van der Waals surface area contributed by atoms with Crippen molar-refractivity contribution in [3.63, 3.8) is 0 Å². The number of amides is 1. The number of aryl methyl sites for hydroxylation is 1. The van der Waals surface area contributed by atoms with E-state index in [4.69, 9.17) is 4.42 Å². The third-order valence-electron chi connectivity index (χ3n) is 4.99. The zero-order valence-corrected chi connectivity index (χ0v) is 15.6. The number of benzene rings is 2. The molecule has 4 rings (SSSR count). The monoisotopic (exact) mass is 374 g/mol. The predicted molar refractivity (Wildman–Crippen MR) is 108 cm³/mol. The summed E-state index contributed by atoms with van der Waals surface area (Å²) in [5.41, 5.74) is 5.13. The normalized spacial score (nSPS) is 12.2. The molecule has 1 atom stereocenters. The molecule has 0 spiro atoms. The van der Waals surface area contributed by atoms with E-state index in [2.05, 4.69) is 24.4 Å². The molecule has 2 heterocycles. The SMILES string of the molecule is Cc1ccccc1Cn1c(C(=O)NCC(O)c2ccccc2)cc2occc21. The molecule has 2 aromatic heterocycles. The minimum atomic E-state index is -0.757. The highest BCUT2D eigenvalue weighted by Crippen LogP contribution is 2.23. The molecule has 4 aromatic rings. The standard InChI is InChI=1S/C23H22N2O3/c1-16-7-5-6-10-18(16)15-25-19-11-12-28-22(19)13-20(25)23(27)24-14-21(26)17-8-3-2-4-9-17/h2-13,21,26H,14-15H2,1H3,(H,24,27). The van der Waals surface area contributed by atoms with Gasteiger partial charge in [0.05, 0.1) is 17.9 Å². The molecule has 142 valence electrons. The van der Waals surface area contributed by atoms with Crippen molar-refractivity contribution in [2.45, 2.75) is 19.6 Å². The summed E-state index contributed by atoms with van der Waals surface area (Å²) in [6.07, 6.45) is 0.868. The van der Waals surface area contributed by atoms with Gasteiger partial charge in [-0.2, -0.15) is 0 Å². The number of hydrogen-bond donors (Lipinski definition) is 2. The van der Waals surface area contributed by atoms with Gasteiger partial charge in [-0.25, -0.2) is 0 Å². The average molecular weight is 374 g/mol. The maximum absolute atomic E-state index is 12.9. The molecule has 0 saturated heterocycles.